The number of nitrogens with zero attached hydrogens (tertiary/aromatic N) is 2. The van der Waals surface area contributed by atoms with E-state index in [1.807, 2.05) is 53.6 Å². The fourth-order valence-electron chi connectivity index (χ4n) is 8.20. The van der Waals surface area contributed by atoms with Crippen molar-refractivity contribution in [3.05, 3.63) is 0 Å². The molecule has 0 bridgehead atoms. The summed E-state index contributed by atoms with van der Waals surface area (Å²) in [5, 5.41) is 0. The highest BCUT2D eigenvalue weighted by molar-refractivity contribution is 6.00. The van der Waals surface area contributed by atoms with Crippen LogP contribution >= 0.6 is 0 Å². The van der Waals surface area contributed by atoms with E-state index in [-0.39, 0.29) is 18.2 Å². The average Bonchev–Trinajstić information content (AvgIpc) is 3.34. The minimum atomic E-state index is -1.35. The molecule has 0 spiro atoms. The summed E-state index contributed by atoms with van der Waals surface area (Å²) in [6, 6.07) is -0.828. The van der Waals surface area contributed by atoms with Crippen molar-refractivity contribution in [3.8, 4) is 0 Å². The van der Waals surface area contributed by atoms with Crippen molar-refractivity contribution >= 4 is 23.6 Å². The molecule has 0 saturated carbocycles. The van der Waals surface area contributed by atoms with Gasteiger partial charge in [0.2, 0.25) is 0 Å². The van der Waals surface area contributed by atoms with Gasteiger partial charge in [0.1, 0.15) is 23.9 Å². The zero-order chi connectivity index (χ0) is 38.1. The van der Waals surface area contributed by atoms with Crippen LogP contribution in [0.3, 0.4) is 0 Å². The molecule has 2 unspecified atom stereocenters. The van der Waals surface area contributed by atoms with Crippen molar-refractivity contribution < 1.29 is 47.6 Å². The summed E-state index contributed by atoms with van der Waals surface area (Å²) < 4.78 is 37.3. The smallest absolute Gasteiger partial charge is 0.410 e. The second-order valence-electron chi connectivity index (χ2n) is 14.8. The highest BCUT2D eigenvalue weighted by atomic mass is 16.7. The lowest BCUT2D eigenvalue weighted by molar-refractivity contribution is -0.269. The molecule has 2 fully saturated rings. The van der Waals surface area contributed by atoms with E-state index in [1.165, 1.54) is 14.0 Å². The summed E-state index contributed by atoms with van der Waals surface area (Å²) in [4.78, 5) is 59.7. The number of Topliss-reactive ketones (excluding diaryl/α,β-unsaturated/α-hetero) is 2. The van der Waals surface area contributed by atoms with Crippen molar-refractivity contribution in [3.63, 3.8) is 0 Å². The molecule has 0 aromatic heterocycles. The Kier molecular flexibility index (Phi) is 16.8. The number of rotatable bonds is 15. The number of fused-ring (bicyclic) bond motifs is 1. The van der Waals surface area contributed by atoms with E-state index in [9.17, 15) is 19.2 Å². The number of amides is 1. The molecule has 2 aliphatic heterocycles. The number of methoxy groups -OCH3 is 2. The molecule has 2 rings (SSSR count). The van der Waals surface area contributed by atoms with Crippen LogP contribution in [0, 0.1) is 23.7 Å². The number of esters is 1. The third-order valence-corrected chi connectivity index (χ3v) is 11.1. The molecule has 1 amide bonds. The lowest BCUT2D eigenvalue weighted by atomic mass is 9.73. The summed E-state index contributed by atoms with van der Waals surface area (Å²) in [6.45, 7) is 17.2. The maximum absolute atomic E-state index is 14.5. The Morgan fingerprint density at radius 1 is 0.980 bits per heavy atom. The molecule has 0 radical (unpaired) electrons. The van der Waals surface area contributed by atoms with Crippen LogP contribution in [0.4, 0.5) is 4.79 Å². The first-order valence-electron chi connectivity index (χ1n) is 18.4. The van der Waals surface area contributed by atoms with Crippen LogP contribution in [0.1, 0.15) is 94.4 Å². The van der Waals surface area contributed by atoms with Crippen molar-refractivity contribution in [2.24, 2.45) is 29.4 Å². The normalized spacial score (nSPS) is 34.9. The number of carbonyl (C=O) groups excluding carboxylic acids is 4. The lowest BCUT2D eigenvalue weighted by Gasteiger charge is -2.45. The molecule has 13 nitrogen and oxygen atoms in total. The zero-order valence-corrected chi connectivity index (χ0v) is 33.0. The highest BCUT2D eigenvalue weighted by Gasteiger charge is 2.60. The monoisotopic (exact) mass is 713 g/mol. The number of likely N-dealkylation sites (N-methyl/N-ethyl adjacent to an activating group) is 1. The summed E-state index contributed by atoms with van der Waals surface area (Å²) in [5.74, 6) is -4.65. The molecule has 2 heterocycles. The standard InChI is InChI=1S/C37H67N3O10/c1-14-26(39(10)11)30(45-12)34(47-16-3)49-32-24(6)29(42)25(7)33(43)48-27(15-2)37(9)31(40(35(44)50-37)20-18-17-19-38)23(5)28(41)22(4)21-36(32,8)46-13/h22-27,30-32,34H,14-21,38H2,1-13H3/t22-,23+,24+,25-,26?,27-,30?,31-,32-,34+,36-,37-/m1/s1. The first-order chi connectivity index (χ1) is 23.4. The number of cyclic esters (lactones) is 1. The average molecular weight is 714 g/mol. The predicted octanol–water partition coefficient (Wildman–Crippen LogP) is 4.22. The van der Waals surface area contributed by atoms with Gasteiger partial charge >= 0.3 is 12.1 Å². The van der Waals surface area contributed by atoms with Crippen LogP contribution in [0.5, 0.6) is 0 Å². The van der Waals surface area contributed by atoms with E-state index >= 15 is 0 Å². The zero-order valence-electron chi connectivity index (χ0n) is 33.0. The van der Waals surface area contributed by atoms with Crippen molar-refractivity contribution in [2.75, 3.05) is 48.0 Å². The molecule has 0 aliphatic carbocycles. The van der Waals surface area contributed by atoms with Gasteiger partial charge in [0.25, 0.3) is 0 Å². The number of ether oxygens (including phenoxy) is 6. The largest absolute Gasteiger partial charge is 0.458 e. The lowest BCUT2D eigenvalue weighted by Crippen LogP contribution is -2.59. The molecule has 2 aliphatic rings. The van der Waals surface area contributed by atoms with Crippen LogP contribution in [0.15, 0.2) is 0 Å². The third-order valence-electron chi connectivity index (χ3n) is 11.1. The minimum absolute atomic E-state index is 0.0884. The Morgan fingerprint density at radius 2 is 1.62 bits per heavy atom. The van der Waals surface area contributed by atoms with Gasteiger partial charge < -0.3 is 44.0 Å². The van der Waals surface area contributed by atoms with E-state index in [4.69, 9.17) is 34.2 Å². The SMILES string of the molecule is CCO[C@@H](O[C@@H]1[C@@H](C)C(=O)[C@@H](C)C(=O)O[C@H](CC)[C@@]2(C)OC(=O)N(CCCCN)[C@@H]2[C@@H](C)C(=O)[C@H](C)C[C@@]1(C)OC)C(OC)C(CC)N(C)C. The summed E-state index contributed by atoms with van der Waals surface area (Å²) in [7, 11) is 7.03. The van der Waals surface area contributed by atoms with Gasteiger partial charge in [-0.1, -0.05) is 34.6 Å². The van der Waals surface area contributed by atoms with Gasteiger partial charge in [0.15, 0.2) is 17.7 Å². The van der Waals surface area contributed by atoms with Crippen LogP contribution in [-0.4, -0.2) is 129 Å². The van der Waals surface area contributed by atoms with Crippen molar-refractivity contribution in [1.29, 1.82) is 0 Å². The molecule has 2 N–H and O–H groups in total. The molecule has 50 heavy (non-hydrogen) atoms. The molecular weight excluding hydrogens is 646 g/mol. The minimum Gasteiger partial charge on any atom is -0.458 e. The molecular formula is C37H67N3O10. The van der Waals surface area contributed by atoms with Gasteiger partial charge in [0, 0.05) is 51.2 Å². The topological polar surface area (TPSA) is 156 Å². The van der Waals surface area contributed by atoms with Crippen molar-refractivity contribution in [2.45, 2.75) is 142 Å². The van der Waals surface area contributed by atoms with Gasteiger partial charge in [-0.25, -0.2) is 4.79 Å². The number of ketones is 2. The van der Waals surface area contributed by atoms with Gasteiger partial charge in [-0.2, -0.15) is 0 Å². The van der Waals surface area contributed by atoms with Crippen molar-refractivity contribution in [1.82, 2.24) is 9.80 Å². The number of unbranched alkanes of at least 4 members (excludes halogenated alkanes) is 1. The van der Waals surface area contributed by atoms with Crippen LogP contribution in [0.2, 0.25) is 0 Å². The van der Waals surface area contributed by atoms with Gasteiger partial charge in [0.05, 0.1) is 17.7 Å². The second-order valence-corrected chi connectivity index (χ2v) is 14.8. The third kappa shape index (κ3) is 9.43. The van der Waals surface area contributed by atoms with E-state index in [0.717, 1.165) is 6.42 Å². The molecule has 0 aromatic carbocycles. The van der Waals surface area contributed by atoms with Crippen LogP contribution in [-0.2, 0) is 42.8 Å². The Balaban J connectivity index is 2.76. The Bertz CT molecular complexity index is 1140. The first kappa shape index (κ1) is 44.0. The number of nitrogens with two attached hydrogens (primary N) is 1. The predicted molar refractivity (Wildman–Crippen MR) is 189 cm³/mol. The second kappa shape index (κ2) is 19.1. The fraction of sp³-hybridized carbons (Fsp3) is 0.892. The van der Waals surface area contributed by atoms with Gasteiger partial charge in [-0.05, 0) is 80.4 Å². The molecule has 0 aromatic rings. The Hall–Kier alpha value is -2.16. The summed E-state index contributed by atoms with van der Waals surface area (Å²) in [5.41, 5.74) is 3.20. The van der Waals surface area contributed by atoms with Crippen LogP contribution < -0.4 is 5.73 Å². The maximum Gasteiger partial charge on any atom is 0.410 e. The van der Waals surface area contributed by atoms with E-state index in [2.05, 4.69) is 0 Å². The maximum atomic E-state index is 14.5. The molecule has 2 saturated heterocycles. The summed E-state index contributed by atoms with van der Waals surface area (Å²) >= 11 is 0. The quantitative estimate of drug-likeness (QED) is 0.112. The Morgan fingerprint density at radius 3 is 2.12 bits per heavy atom. The first-order valence-corrected chi connectivity index (χ1v) is 18.4. The number of hydrogen-bond donors (Lipinski definition) is 1. The van der Waals surface area contributed by atoms with E-state index in [1.54, 1.807) is 32.8 Å². The molecule has 13 heteroatoms. The van der Waals surface area contributed by atoms with E-state index in [0.29, 0.717) is 39.0 Å². The summed E-state index contributed by atoms with van der Waals surface area (Å²) in [6.07, 6.45) is -1.40. The Labute approximate surface area is 300 Å². The number of carbonyl (C=O) groups is 4. The van der Waals surface area contributed by atoms with Crippen LogP contribution in [0.25, 0.3) is 0 Å². The number of hydrogen-bond acceptors (Lipinski definition) is 12. The highest BCUT2D eigenvalue weighted by Crippen LogP contribution is 2.43. The van der Waals surface area contributed by atoms with Gasteiger partial charge in [-0.15, -0.1) is 0 Å². The molecule has 12 atom stereocenters. The van der Waals surface area contributed by atoms with E-state index < -0.39 is 83.4 Å². The fourth-order valence-corrected chi connectivity index (χ4v) is 8.20. The molecule has 290 valence electrons. The van der Waals surface area contributed by atoms with Gasteiger partial charge in [-0.3, -0.25) is 14.4 Å².